The fourth-order valence-corrected chi connectivity index (χ4v) is 4.27. The number of aliphatic hydroxyl groups excluding tert-OH is 1. The lowest BCUT2D eigenvalue weighted by atomic mass is 10.2. The molecule has 1 heterocycles. The topological polar surface area (TPSA) is 92.4 Å². The first-order valence-electron chi connectivity index (χ1n) is 6.06. The van der Waals surface area contributed by atoms with E-state index in [9.17, 15) is 13.5 Å². The maximum absolute atomic E-state index is 12.3. The van der Waals surface area contributed by atoms with E-state index < -0.39 is 16.1 Å². The molecule has 0 aliphatic heterocycles. The van der Waals surface area contributed by atoms with Crippen LogP contribution in [0.25, 0.3) is 0 Å². The van der Waals surface area contributed by atoms with Gasteiger partial charge in [-0.2, -0.15) is 11.3 Å². The molecule has 0 radical (unpaired) electrons. The number of hydrogen-bond donors (Lipinski definition) is 3. The molecule has 5 nitrogen and oxygen atoms in total. The van der Waals surface area contributed by atoms with Crippen molar-refractivity contribution < 1.29 is 13.5 Å². The Labute approximate surface area is 136 Å². The van der Waals surface area contributed by atoms with E-state index in [0.717, 1.165) is 0 Å². The Morgan fingerprint density at radius 2 is 2.19 bits per heavy atom. The number of anilines is 1. The molecule has 114 valence electrons. The van der Waals surface area contributed by atoms with E-state index in [2.05, 4.69) is 20.7 Å². The summed E-state index contributed by atoms with van der Waals surface area (Å²) in [6.07, 6.45) is -0.876. The Hall–Kier alpha value is -0.930. The summed E-state index contributed by atoms with van der Waals surface area (Å²) in [5.74, 6) is 0. The molecular formula is C13H15BrN2O3S2. The molecule has 8 heteroatoms. The van der Waals surface area contributed by atoms with Crippen LogP contribution >= 0.6 is 27.3 Å². The van der Waals surface area contributed by atoms with Crippen molar-refractivity contribution in [1.82, 2.24) is 4.72 Å². The molecule has 0 saturated carbocycles. The number of thiophene rings is 1. The van der Waals surface area contributed by atoms with Crippen molar-refractivity contribution >= 4 is 43.0 Å². The van der Waals surface area contributed by atoms with Crippen LogP contribution in [0, 0.1) is 6.92 Å². The number of hydrogen-bond acceptors (Lipinski definition) is 5. The molecule has 0 saturated heterocycles. The molecule has 0 aliphatic rings. The highest BCUT2D eigenvalue weighted by atomic mass is 79.9. The van der Waals surface area contributed by atoms with Crippen LogP contribution in [0.15, 0.2) is 38.3 Å². The van der Waals surface area contributed by atoms with Crippen molar-refractivity contribution in [3.8, 4) is 0 Å². The second kappa shape index (κ2) is 6.45. The van der Waals surface area contributed by atoms with Crippen LogP contribution in [0.2, 0.25) is 0 Å². The monoisotopic (exact) mass is 390 g/mol. The number of rotatable bonds is 5. The molecule has 0 amide bonds. The Kier molecular flexibility index (Phi) is 5.05. The van der Waals surface area contributed by atoms with Gasteiger partial charge in [0.05, 0.1) is 11.0 Å². The summed E-state index contributed by atoms with van der Waals surface area (Å²) in [5, 5.41) is 13.5. The molecule has 0 fully saturated rings. The highest BCUT2D eigenvalue weighted by molar-refractivity contribution is 9.10. The Morgan fingerprint density at radius 3 is 2.81 bits per heavy atom. The Morgan fingerprint density at radius 1 is 1.48 bits per heavy atom. The SMILES string of the molecule is Cc1cc(Br)c(N)cc1S(=O)(=O)NCC(O)c1ccsc1. The minimum atomic E-state index is -3.72. The predicted octanol–water partition coefficient (Wildman–Crippen LogP) is 2.41. The number of benzene rings is 1. The molecular weight excluding hydrogens is 376 g/mol. The number of aliphatic hydroxyl groups is 1. The average molecular weight is 391 g/mol. The quantitative estimate of drug-likeness (QED) is 0.683. The van der Waals surface area contributed by atoms with E-state index in [4.69, 9.17) is 5.73 Å². The van der Waals surface area contributed by atoms with E-state index in [0.29, 0.717) is 21.3 Å². The summed E-state index contributed by atoms with van der Waals surface area (Å²) in [7, 11) is -3.72. The average Bonchev–Trinajstić information content (AvgIpc) is 2.94. The summed E-state index contributed by atoms with van der Waals surface area (Å²) in [6.45, 7) is 1.60. The first kappa shape index (κ1) is 16.4. The van der Waals surface area contributed by atoms with Crippen LogP contribution in [-0.2, 0) is 10.0 Å². The molecule has 1 aromatic heterocycles. The largest absolute Gasteiger partial charge is 0.398 e. The summed E-state index contributed by atoms with van der Waals surface area (Å²) < 4.78 is 27.7. The molecule has 0 aliphatic carbocycles. The number of nitrogens with two attached hydrogens (primary N) is 1. The van der Waals surface area contributed by atoms with Crippen LogP contribution in [0.4, 0.5) is 5.69 Å². The lowest BCUT2D eigenvalue weighted by molar-refractivity contribution is 0.182. The highest BCUT2D eigenvalue weighted by Crippen LogP contribution is 2.26. The van der Waals surface area contributed by atoms with Gasteiger partial charge in [0.2, 0.25) is 10.0 Å². The van der Waals surface area contributed by atoms with Crippen LogP contribution in [-0.4, -0.2) is 20.1 Å². The molecule has 1 aromatic carbocycles. The van der Waals surface area contributed by atoms with E-state index >= 15 is 0 Å². The van der Waals surface area contributed by atoms with Crippen LogP contribution < -0.4 is 10.5 Å². The third-order valence-electron chi connectivity index (χ3n) is 2.98. The fourth-order valence-electron chi connectivity index (χ4n) is 1.81. The standard InChI is InChI=1S/C13H15BrN2O3S2/c1-8-4-10(14)11(15)5-13(8)21(18,19)16-6-12(17)9-2-3-20-7-9/h2-5,7,12,16-17H,6,15H2,1H3. The second-order valence-corrected chi connectivity index (χ2v) is 7.93. The summed E-state index contributed by atoms with van der Waals surface area (Å²) >= 11 is 4.70. The number of nitrogens with one attached hydrogen (secondary N) is 1. The summed E-state index contributed by atoms with van der Waals surface area (Å²) in [6, 6.07) is 4.81. The van der Waals surface area contributed by atoms with E-state index in [1.54, 1.807) is 24.4 Å². The molecule has 2 rings (SSSR count). The number of sulfonamides is 1. The van der Waals surface area contributed by atoms with Crippen molar-refractivity contribution in [1.29, 1.82) is 0 Å². The predicted molar refractivity (Wildman–Crippen MR) is 87.8 cm³/mol. The van der Waals surface area contributed by atoms with Gasteiger partial charge in [-0.1, -0.05) is 0 Å². The molecule has 1 unspecified atom stereocenters. The van der Waals surface area contributed by atoms with Gasteiger partial charge in [0, 0.05) is 16.7 Å². The third kappa shape index (κ3) is 3.83. The van der Waals surface area contributed by atoms with Gasteiger partial charge in [0.25, 0.3) is 0 Å². The van der Waals surface area contributed by atoms with Crippen molar-refractivity contribution in [3.63, 3.8) is 0 Å². The summed E-state index contributed by atoms with van der Waals surface area (Å²) in [4.78, 5) is 0.112. The number of halogens is 1. The Balaban J connectivity index is 2.17. The highest BCUT2D eigenvalue weighted by Gasteiger charge is 2.20. The van der Waals surface area contributed by atoms with Crippen molar-refractivity contribution in [2.75, 3.05) is 12.3 Å². The smallest absolute Gasteiger partial charge is 0.241 e. The van der Waals surface area contributed by atoms with Gasteiger partial charge < -0.3 is 10.8 Å². The van der Waals surface area contributed by atoms with E-state index in [1.807, 2.05) is 5.38 Å². The van der Waals surface area contributed by atoms with Gasteiger partial charge in [-0.25, -0.2) is 13.1 Å². The van der Waals surface area contributed by atoms with Gasteiger partial charge in [0.15, 0.2) is 0 Å². The normalized spacial score (nSPS) is 13.3. The molecule has 2 aromatic rings. The van der Waals surface area contributed by atoms with E-state index in [-0.39, 0.29) is 11.4 Å². The first-order chi connectivity index (χ1) is 9.81. The first-order valence-corrected chi connectivity index (χ1v) is 9.28. The molecule has 21 heavy (non-hydrogen) atoms. The van der Waals surface area contributed by atoms with Gasteiger partial charge in [-0.15, -0.1) is 0 Å². The van der Waals surface area contributed by atoms with Crippen molar-refractivity contribution in [2.24, 2.45) is 0 Å². The van der Waals surface area contributed by atoms with Gasteiger partial charge in [0.1, 0.15) is 0 Å². The lowest BCUT2D eigenvalue weighted by Gasteiger charge is -2.13. The van der Waals surface area contributed by atoms with Crippen molar-refractivity contribution in [2.45, 2.75) is 17.9 Å². The van der Waals surface area contributed by atoms with Crippen LogP contribution in [0.5, 0.6) is 0 Å². The zero-order valence-electron chi connectivity index (χ0n) is 11.2. The van der Waals surface area contributed by atoms with Crippen molar-refractivity contribution in [3.05, 3.63) is 44.6 Å². The zero-order valence-corrected chi connectivity index (χ0v) is 14.4. The molecule has 4 N–H and O–H groups in total. The maximum Gasteiger partial charge on any atom is 0.241 e. The fraction of sp³-hybridized carbons (Fsp3) is 0.231. The van der Waals surface area contributed by atoms with Gasteiger partial charge in [-0.05, 0) is 62.9 Å². The number of nitrogen functional groups attached to an aromatic ring is 1. The minimum absolute atomic E-state index is 0.0888. The minimum Gasteiger partial charge on any atom is -0.398 e. The Bertz CT molecular complexity index is 730. The third-order valence-corrected chi connectivity index (χ3v) is 5.93. The van der Waals surface area contributed by atoms with Crippen LogP contribution in [0.3, 0.4) is 0 Å². The number of aryl methyl sites for hydroxylation is 1. The summed E-state index contributed by atoms with van der Waals surface area (Å²) in [5.41, 5.74) is 7.35. The van der Waals surface area contributed by atoms with Gasteiger partial charge in [-0.3, -0.25) is 0 Å². The van der Waals surface area contributed by atoms with Crippen LogP contribution in [0.1, 0.15) is 17.2 Å². The van der Waals surface area contributed by atoms with Gasteiger partial charge >= 0.3 is 0 Å². The maximum atomic E-state index is 12.3. The molecule has 0 spiro atoms. The molecule has 0 bridgehead atoms. The second-order valence-electron chi connectivity index (χ2n) is 4.56. The molecule has 1 atom stereocenters. The lowest BCUT2D eigenvalue weighted by Crippen LogP contribution is -2.29. The van der Waals surface area contributed by atoms with E-state index in [1.165, 1.54) is 17.4 Å². The zero-order chi connectivity index (χ0) is 15.6.